The number of rotatable bonds is 9. The SMILES string of the molecule is CC[C@H](C)c1nc2ccc(Br)cc2c(=O)n1N=Cc1ccc(OCC(=O)Nc2ccc(C)cc2)c(OC)c1. The molecule has 0 saturated heterocycles. The monoisotopic (exact) mass is 576 g/mol. The fourth-order valence-corrected chi connectivity index (χ4v) is 4.13. The first-order valence-corrected chi connectivity index (χ1v) is 13.0. The van der Waals surface area contributed by atoms with Crippen LogP contribution in [-0.4, -0.2) is 35.5 Å². The number of anilines is 1. The van der Waals surface area contributed by atoms with Gasteiger partial charge in [0.05, 0.1) is 24.2 Å². The molecular weight excluding hydrogens is 548 g/mol. The molecule has 0 spiro atoms. The number of carbonyl (C=O) groups excluding carboxylic acids is 1. The molecular formula is C29H29BrN4O4. The lowest BCUT2D eigenvalue weighted by molar-refractivity contribution is -0.118. The molecule has 0 aliphatic carbocycles. The quantitative estimate of drug-likeness (QED) is 0.251. The number of amides is 1. The molecule has 1 amide bonds. The van der Waals surface area contributed by atoms with Crippen molar-refractivity contribution in [3.63, 3.8) is 0 Å². The van der Waals surface area contributed by atoms with Crippen LogP contribution in [0, 0.1) is 6.92 Å². The van der Waals surface area contributed by atoms with E-state index in [0.29, 0.717) is 39.5 Å². The summed E-state index contributed by atoms with van der Waals surface area (Å²) in [6, 6.07) is 18.2. The molecule has 8 nitrogen and oxygen atoms in total. The Morgan fingerprint density at radius 1 is 1.13 bits per heavy atom. The predicted octanol–water partition coefficient (Wildman–Crippen LogP) is 5.89. The Kier molecular flexibility index (Phi) is 8.58. The van der Waals surface area contributed by atoms with Gasteiger partial charge in [0, 0.05) is 16.1 Å². The summed E-state index contributed by atoms with van der Waals surface area (Å²) in [5.41, 5.74) is 2.89. The van der Waals surface area contributed by atoms with Crippen LogP contribution in [0.25, 0.3) is 10.9 Å². The zero-order valence-electron chi connectivity index (χ0n) is 21.7. The molecule has 0 aliphatic rings. The smallest absolute Gasteiger partial charge is 0.282 e. The van der Waals surface area contributed by atoms with Gasteiger partial charge in [-0.3, -0.25) is 9.59 Å². The van der Waals surface area contributed by atoms with Crippen LogP contribution in [0.2, 0.25) is 0 Å². The van der Waals surface area contributed by atoms with E-state index in [2.05, 4.69) is 26.3 Å². The van der Waals surface area contributed by atoms with Crippen molar-refractivity contribution in [2.75, 3.05) is 19.0 Å². The van der Waals surface area contributed by atoms with Gasteiger partial charge in [0.2, 0.25) is 0 Å². The van der Waals surface area contributed by atoms with Gasteiger partial charge >= 0.3 is 0 Å². The number of nitrogens with one attached hydrogen (secondary N) is 1. The molecule has 0 unspecified atom stereocenters. The highest BCUT2D eigenvalue weighted by molar-refractivity contribution is 9.10. The summed E-state index contributed by atoms with van der Waals surface area (Å²) in [5.74, 6) is 1.19. The van der Waals surface area contributed by atoms with Gasteiger partial charge in [-0.1, -0.05) is 47.5 Å². The van der Waals surface area contributed by atoms with Gasteiger partial charge in [0.15, 0.2) is 18.1 Å². The average Bonchev–Trinajstić information content (AvgIpc) is 2.92. The Hall–Kier alpha value is -3.98. The van der Waals surface area contributed by atoms with E-state index in [4.69, 9.17) is 14.5 Å². The lowest BCUT2D eigenvalue weighted by atomic mass is 10.1. The normalized spacial score (nSPS) is 12.0. The van der Waals surface area contributed by atoms with E-state index in [0.717, 1.165) is 16.5 Å². The molecule has 3 aromatic carbocycles. The number of benzene rings is 3. The maximum absolute atomic E-state index is 13.3. The third-order valence-electron chi connectivity index (χ3n) is 6.09. The summed E-state index contributed by atoms with van der Waals surface area (Å²) in [6.07, 6.45) is 2.39. The highest BCUT2D eigenvalue weighted by Gasteiger charge is 2.16. The fraction of sp³-hybridized carbons (Fsp3) is 0.241. The number of nitrogens with zero attached hydrogens (tertiary/aromatic N) is 3. The molecule has 9 heteroatoms. The third-order valence-corrected chi connectivity index (χ3v) is 6.58. The van der Waals surface area contributed by atoms with Gasteiger partial charge in [-0.15, -0.1) is 0 Å². The summed E-state index contributed by atoms with van der Waals surface area (Å²) < 4.78 is 13.3. The van der Waals surface area contributed by atoms with Crippen molar-refractivity contribution in [3.8, 4) is 11.5 Å². The summed E-state index contributed by atoms with van der Waals surface area (Å²) >= 11 is 3.43. The van der Waals surface area contributed by atoms with E-state index in [1.807, 2.05) is 57.2 Å². The molecule has 196 valence electrons. The summed E-state index contributed by atoms with van der Waals surface area (Å²) in [5, 5.41) is 7.78. The van der Waals surface area contributed by atoms with Crippen molar-refractivity contribution < 1.29 is 14.3 Å². The molecule has 0 bridgehead atoms. The van der Waals surface area contributed by atoms with Crippen molar-refractivity contribution >= 4 is 44.6 Å². The number of halogens is 1. The summed E-state index contributed by atoms with van der Waals surface area (Å²) in [7, 11) is 1.52. The number of fused-ring (bicyclic) bond motifs is 1. The van der Waals surface area contributed by atoms with Crippen molar-refractivity contribution in [2.24, 2.45) is 5.10 Å². The number of aryl methyl sites for hydroxylation is 1. The van der Waals surface area contributed by atoms with Gasteiger partial charge in [-0.25, -0.2) is 4.98 Å². The van der Waals surface area contributed by atoms with Crippen molar-refractivity contribution in [1.82, 2.24) is 9.66 Å². The Balaban J connectivity index is 1.55. The lowest BCUT2D eigenvalue weighted by Gasteiger charge is -2.14. The first-order chi connectivity index (χ1) is 18.3. The van der Waals surface area contributed by atoms with Crippen LogP contribution >= 0.6 is 15.9 Å². The first-order valence-electron chi connectivity index (χ1n) is 12.2. The zero-order chi connectivity index (χ0) is 27.2. The van der Waals surface area contributed by atoms with Crippen LogP contribution in [-0.2, 0) is 4.79 Å². The maximum Gasteiger partial charge on any atom is 0.282 e. The highest BCUT2D eigenvalue weighted by Crippen LogP contribution is 2.28. The molecule has 1 heterocycles. The average molecular weight is 577 g/mol. The Labute approximate surface area is 229 Å². The second-order valence-corrected chi connectivity index (χ2v) is 9.83. The largest absolute Gasteiger partial charge is 0.493 e. The second-order valence-electron chi connectivity index (χ2n) is 8.92. The number of aromatic nitrogens is 2. The second kappa shape index (κ2) is 12.0. The molecule has 0 fully saturated rings. The van der Waals surface area contributed by atoms with Crippen molar-refractivity contribution in [1.29, 1.82) is 0 Å². The molecule has 0 aliphatic heterocycles. The first kappa shape index (κ1) is 27.1. The Morgan fingerprint density at radius 2 is 1.89 bits per heavy atom. The number of hydrogen-bond donors (Lipinski definition) is 1. The Morgan fingerprint density at radius 3 is 2.61 bits per heavy atom. The van der Waals surface area contributed by atoms with E-state index in [1.165, 1.54) is 11.8 Å². The standard InChI is InChI=1S/C29H29BrN4O4/c1-5-19(3)28-33-24-12-9-21(30)15-23(24)29(36)34(28)31-16-20-8-13-25(26(14-20)37-4)38-17-27(35)32-22-10-6-18(2)7-11-22/h6-16,19H,5,17H2,1-4H3,(H,32,35)/t19-/m0/s1. The van der Waals surface area contributed by atoms with E-state index in [1.54, 1.807) is 30.5 Å². The number of carbonyl (C=O) groups is 1. The van der Waals surface area contributed by atoms with Gasteiger partial charge in [0.25, 0.3) is 11.5 Å². The minimum atomic E-state index is -0.283. The summed E-state index contributed by atoms with van der Waals surface area (Å²) in [6.45, 7) is 5.86. The molecule has 0 saturated carbocycles. The molecule has 4 aromatic rings. The van der Waals surface area contributed by atoms with Crippen LogP contribution in [0.1, 0.15) is 43.1 Å². The number of hydrogen-bond acceptors (Lipinski definition) is 6. The van der Waals surface area contributed by atoms with E-state index >= 15 is 0 Å². The number of methoxy groups -OCH3 is 1. The highest BCUT2D eigenvalue weighted by atomic mass is 79.9. The predicted molar refractivity (Wildman–Crippen MR) is 154 cm³/mol. The van der Waals surface area contributed by atoms with E-state index < -0.39 is 0 Å². The fourth-order valence-electron chi connectivity index (χ4n) is 3.76. The van der Waals surface area contributed by atoms with Crippen molar-refractivity contribution in [2.45, 2.75) is 33.1 Å². The lowest BCUT2D eigenvalue weighted by Crippen LogP contribution is -2.23. The molecule has 38 heavy (non-hydrogen) atoms. The van der Waals surface area contributed by atoms with Gasteiger partial charge in [-0.2, -0.15) is 9.78 Å². The van der Waals surface area contributed by atoms with Gasteiger partial charge < -0.3 is 14.8 Å². The summed E-state index contributed by atoms with van der Waals surface area (Å²) in [4.78, 5) is 30.4. The van der Waals surface area contributed by atoms with Gasteiger partial charge in [-0.05, 0) is 67.4 Å². The van der Waals surface area contributed by atoms with E-state index in [9.17, 15) is 9.59 Å². The van der Waals surface area contributed by atoms with Crippen LogP contribution in [0.3, 0.4) is 0 Å². The van der Waals surface area contributed by atoms with Crippen molar-refractivity contribution in [3.05, 3.63) is 92.4 Å². The molecule has 4 rings (SSSR count). The Bertz CT molecular complexity index is 1550. The van der Waals surface area contributed by atoms with Crippen LogP contribution in [0.5, 0.6) is 11.5 Å². The van der Waals surface area contributed by atoms with E-state index in [-0.39, 0.29) is 24.0 Å². The minimum Gasteiger partial charge on any atom is -0.493 e. The van der Waals surface area contributed by atoms with Crippen LogP contribution in [0.4, 0.5) is 5.69 Å². The molecule has 0 radical (unpaired) electrons. The van der Waals surface area contributed by atoms with Crippen LogP contribution < -0.4 is 20.3 Å². The van der Waals surface area contributed by atoms with Crippen LogP contribution in [0.15, 0.2) is 75.0 Å². The zero-order valence-corrected chi connectivity index (χ0v) is 23.3. The number of ether oxygens (including phenoxy) is 2. The van der Waals surface area contributed by atoms with Gasteiger partial charge in [0.1, 0.15) is 5.82 Å². The molecule has 1 aromatic heterocycles. The maximum atomic E-state index is 13.3. The minimum absolute atomic E-state index is 0.0317. The molecule has 1 N–H and O–H groups in total. The third kappa shape index (κ3) is 6.28. The molecule has 1 atom stereocenters. The topological polar surface area (TPSA) is 94.8 Å².